The molecule has 0 unspecified atom stereocenters. The third-order valence-corrected chi connectivity index (χ3v) is 6.90. The van der Waals surface area contributed by atoms with E-state index in [9.17, 15) is 47.8 Å². The number of aromatic nitrogens is 2. The van der Waals surface area contributed by atoms with Crippen LogP contribution in [-0.4, -0.2) is 57.7 Å². The number of ether oxygens (including phenoxy) is 2. The molecule has 0 saturated carbocycles. The molecule has 18 heteroatoms. The van der Waals surface area contributed by atoms with Crippen molar-refractivity contribution in [2.24, 2.45) is 0 Å². The number of amides is 2. The van der Waals surface area contributed by atoms with Crippen molar-refractivity contribution in [3.63, 3.8) is 0 Å². The first-order valence-electron chi connectivity index (χ1n) is 15.6. The largest absolute Gasteiger partial charge is 1.00 e. The predicted octanol–water partition coefficient (Wildman–Crippen LogP) is -4.81. The van der Waals surface area contributed by atoms with Gasteiger partial charge in [0.25, 0.3) is 11.8 Å². The Labute approximate surface area is 393 Å². The molecule has 0 aliphatic rings. The number of carbonyl (C=O) groups is 6. The molecule has 0 aliphatic carbocycles. The molecule has 14 nitrogen and oxygen atoms in total. The molecule has 2 amide bonds. The van der Waals surface area contributed by atoms with Crippen molar-refractivity contribution in [2.45, 2.75) is 51.0 Å². The third-order valence-electron chi connectivity index (χ3n) is 6.90. The van der Waals surface area contributed by atoms with E-state index in [0.717, 1.165) is 41.7 Å². The van der Waals surface area contributed by atoms with E-state index >= 15 is 0 Å². The average molecular weight is 797 g/mol. The van der Waals surface area contributed by atoms with Crippen LogP contribution in [0.4, 0.5) is 8.78 Å². The van der Waals surface area contributed by atoms with Crippen molar-refractivity contribution in [1.29, 1.82) is 0 Å². The molecule has 0 aliphatic heterocycles. The summed E-state index contributed by atoms with van der Waals surface area (Å²) in [5.41, 5.74) is 1.63. The number of hydrogen-bond acceptors (Lipinski definition) is 12. The quantitative estimate of drug-likeness (QED) is 0.0621. The normalized spacial score (nSPS) is 11.0. The van der Waals surface area contributed by atoms with E-state index in [1.165, 1.54) is 6.07 Å². The van der Waals surface area contributed by atoms with Gasteiger partial charge in [-0.15, -0.1) is 0 Å². The molecule has 2 atom stereocenters. The topological polar surface area (TPSA) is 217 Å². The van der Waals surface area contributed by atoms with Crippen LogP contribution in [0.5, 0.6) is 0 Å². The second kappa shape index (κ2) is 26.5. The summed E-state index contributed by atoms with van der Waals surface area (Å²) in [6.07, 6.45) is 0.939. The number of hydrogen-bond donors (Lipinski definition) is 2. The van der Waals surface area contributed by atoms with Gasteiger partial charge in [-0.05, 0) is 54.7 Å². The number of nitrogens with zero attached hydrogens (tertiary/aromatic N) is 2. The summed E-state index contributed by atoms with van der Waals surface area (Å²) < 4.78 is 36.1. The monoisotopic (exact) mass is 796 g/mol. The van der Waals surface area contributed by atoms with Gasteiger partial charge in [-0.2, -0.15) is 8.78 Å². The Kier molecular flexibility index (Phi) is 23.9. The molecule has 0 saturated heterocycles. The summed E-state index contributed by atoms with van der Waals surface area (Å²) in [5.74, 6) is -7.25. The van der Waals surface area contributed by atoms with Crippen molar-refractivity contribution in [2.75, 3.05) is 0 Å². The van der Waals surface area contributed by atoms with E-state index in [-0.39, 0.29) is 146 Å². The average Bonchev–Trinajstić information content (AvgIpc) is 3.14. The molecule has 0 fully saturated rings. The van der Waals surface area contributed by atoms with E-state index < -0.39 is 66.1 Å². The smallest absolute Gasteiger partial charge is 0.550 e. The van der Waals surface area contributed by atoms with Crippen LogP contribution in [0.3, 0.4) is 0 Å². The van der Waals surface area contributed by atoms with Gasteiger partial charge in [-0.25, -0.2) is 14.8 Å². The van der Waals surface area contributed by atoms with Gasteiger partial charge in [0.05, 0.1) is 23.1 Å². The Morgan fingerprint density at radius 1 is 0.611 bits per heavy atom. The zero-order chi connectivity index (χ0) is 37.9. The van der Waals surface area contributed by atoms with Crippen LogP contribution >= 0.6 is 0 Å². The minimum absolute atomic E-state index is 0. The van der Waals surface area contributed by atoms with Crippen molar-refractivity contribution >= 4 is 35.7 Å². The Balaban J connectivity index is 0.000000597. The first-order valence-corrected chi connectivity index (χ1v) is 15.6. The number of esters is 2. The number of benzene rings is 2. The van der Waals surface area contributed by atoms with Crippen LogP contribution in [0, 0.1) is 11.9 Å². The van der Waals surface area contributed by atoms with Crippen molar-refractivity contribution in [3.05, 3.63) is 131 Å². The molecule has 0 bridgehead atoms. The third kappa shape index (κ3) is 18.8. The summed E-state index contributed by atoms with van der Waals surface area (Å²) in [7, 11) is 0. The molecular weight excluding hydrogens is 765 g/mol. The van der Waals surface area contributed by atoms with Crippen LogP contribution in [0.25, 0.3) is 0 Å². The van der Waals surface area contributed by atoms with Crippen LogP contribution in [0.2, 0.25) is 0 Å². The molecule has 2 heterocycles. The van der Waals surface area contributed by atoms with Gasteiger partial charge in [-0.1, -0.05) is 60.7 Å². The molecule has 2 aromatic heterocycles. The molecule has 272 valence electrons. The second-order valence-electron chi connectivity index (χ2n) is 10.8. The van der Waals surface area contributed by atoms with Crippen LogP contribution in [0.1, 0.15) is 57.5 Å². The van der Waals surface area contributed by atoms with E-state index in [1.807, 2.05) is 48.5 Å². The fourth-order valence-electron chi connectivity index (χ4n) is 4.17. The van der Waals surface area contributed by atoms with Crippen molar-refractivity contribution < 1.29 is 160 Å². The predicted molar refractivity (Wildman–Crippen MR) is 172 cm³/mol. The summed E-state index contributed by atoms with van der Waals surface area (Å²) in [6.45, 7) is 0.124. The number of aliphatic carboxylic acids is 2. The number of pyridine rings is 2. The van der Waals surface area contributed by atoms with Gasteiger partial charge in [-0.3, -0.25) is 14.4 Å². The Morgan fingerprint density at radius 2 is 1.06 bits per heavy atom. The van der Waals surface area contributed by atoms with Gasteiger partial charge < -0.3 is 39.9 Å². The van der Waals surface area contributed by atoms with Gasteiger partial charge in [0.1, 0.15) is 19.3 Å². The molecule has 0 spiro atoms. The minimum Gasteiger partial charge on any atom is -0.550 e. The first kappa shape index (κ1) is 48.7. The van der Waals surface area contributed by atoms with Crippen molar-refractivity contribution in [1.82, 2.24) is 20.6 Å². The Morgan fingerprint density at radius 3 is 1.48 bits per heavy atom. The van der Waals surface area contributed by atoms with E-state index in [1.54, 1.807) is 12.1 Å². The van der Waals surface area contributed by atoms with Gasteiger partial charge in [0, 0.05) is 24.8 Å². The summed E-state index contributed by atoms with van der Waals surface area (Å²) in [5, 5.41) is 25.5. The van der Waals surface area contributed by atoms with Gasteiger partial charge >= 0.3 is 115 Å². The van der Waals surface area contributed by atoms with E-state index in [2.05, 4.69) is 20.6 Å². The van der Waals surface area contributed by atoms with E-state index in [4.69, 9.17) is 9.47 Å². The second-order valence-corrected chi connectivity index (χ2v) is 10.8. The Hall–Kier alpha value is -3.31. The molecule has 0 radical (unpaired) electrons. The number of carboxylic acids is 2. The zero-order valence-corrected chi connectivity index (χ0v) is 35.6. The molecule has 2 N–H and O–H groups in total. The molecule has 2 aromatic carbocycles. The summed E-state index contributed by atoms with van der Waals surface area (Å²) in [4.78, 5) is 76.6. The van der Waals surface area contributed by atoms with Crippen molar-refractivity contribution in [3.8, 4) is 0 Å². The van der Waals surface area contributed by atoms with E-state index in [0.29, 0.717) is 0 Å². The van der Waals surface area contributed by atoms with Gasteiger partial charge in [0.2, 0.25) is 11.9 Å². The van der Waals surface area contributed by atoms with Crippen LogP contribution in [-0.2, 0) is 41.9 Å². The molecular formula is C36H32F2K2N4O10. The number of nitrogens with one attached hydrogen (secondary N) is 2. The molecule has 54 heavy (non-hydrogen) atoms. The van der Waals surface area contributed by atoms with Crippen LogP contribution < -0.4 is 124 Å². The molecule has 4 rings (SSSR count). The fourth-order valence-corrected chi connectivity index (χ4v) is 4.17. The fraction of sp³-hybridized carbons (Fsp3) is 0.222. The summed E-state index contributed by atoms with van der Waals surface area (Å²) in [6, 6.07) is 20.0. The first-order chi connectivity index (χ1) is 24.9. The number of halogens is 2. The maximum absolute atomic E-state index is 13.0. The molecule has 4 aromatic rings. The Bertz CT molecular complexity index is 1810. The number of carbonyl (C=O) groups excluding carboxylic acids is 6. The van der Waals surface area contributed by atoms with Crippen LogP contribution in [0.15, 0.2) is 97.3 Å². The number of carboxylic acid groups (broad SMARTS) is 2. The maximum Gasteiger partial charge on any atom is 1.00 e. The maximum atomic E-state index is 13.0. The standard InChI is InChI=1S/C25H23FN2O5.C11H11FN2O5.2K/c26-22-13-11-20(15-27-22)24(30)28-21(25(31)33-17-19-9-5-2-6-10-19)12-14-23(29)32-16-18-7-3-1-4-8-18;12-8-3-1-6(5-13-8)10(17)14-7(11(18)19)2-4-9(15)16;;/h1-11,13,15,21H,12,14,16-17H2,(H,28,30);1,3,5,7H,2,4H2,(H,14,17)(H,15,16)(H,18,19);;/q;;2*+1/p-2/t21-;7-;;/m00../s1. The minimum atomic E-state index is -1.62. The number of rotatable bonds is 16. The summed E-state index contributed by atoms with van der Waals surface area (Å²) >= 11 is 0. The van der Waals surface area contributed by atoms with Gasteiger partial charge in [0.15, 0.2) is 0 Å². The zero-order valence-electron chi connectivity index (χ0n) is 29.4. The SMILES string of the molecule is O=C(CC[C@H](NC(=O)c1ccc(F)nc1)C(=O)OCc1ccccc1)OCc1ccccc1.O=C([O-])CC[C@H](NC(=O)c1ccc(F)nc1)C(=O)[O-].[K+].[K+].